The Morgan fingerprint density at radius 1 is 1.22 bits per heavy atom. The molecule has 0 spiro atoms. The van der Waals surface area contributed by atoms with E-state index in [1.54, 1.807) is 0 Å². The highest BCUT2D eigenvalue weighted by atomic mass is 28.3. The van der Waals surface area contributed by atoms with Gasteiger partial charge in [0.2, 0.25) is 0 Å². The Bertz CT molecular complexity index is 63.9. The Labute approximate surface area is 60.7 Å². The Morgan fingerprint density at radius 3 is 1.89 bits per heavy atom. The molecule has 0 saturated carbocycles. The minimum absolute atomic E-state index is 0.453. The minimum Gasteiger partial charge on any atom is -0.331 e. The first-order valence-electron chi connectivity index (χ1n) is 3.88. The summed E-state index contributed by atoms with van der Waals surface area (Å²) < 4.78 is 2.45. The predicted molar refractivity (Wildman–Crippen MR) is 46.4 cm³/mol. The quantitative estimate of drug-likeness (QED) is 0.544. The molecule has 56 valence electrons. The molecule has 9 heavy (non-hydrogen) atoms. The zero-order valence-electron chi connectivity index (χ0n) is 7.15. The topological polar surface area (TPSA) is 3.24 Å². The highest BCUT2D eigenvalue weighted by Gasteiger charge is 2.07. The summed E-state index contributed by atoms with van der Waals surface area (Å²) >= 11 is 0. The number of hydrogen-bond donors (Lipinski definition) is 0. The first-order valence-corrected chi connectivity index (χ1v) is 6.03. The fraction of sp³-hybridized carbons (Fsp3) is 1.00. The van der Waals surface area contributed by atoms with Crippen LogP contribution in [0.1, 0.15) is 20.3 Å². The predicted octanol–water partition coefficient (Wildman–Crippen LogP) is 1.70. The molecule has 0 saturated heterocycles. The second kappa shape index (κ2) is 5.00. The fourth-order valence-electron chi connectivity index (χ4n) is 1.16. The van der Waals surface area contributed by atoms with Gasteiger partial charge in [-0.05, 0) is 26.2 Å². The molecule has 0 fully saturated rings. The van der Waals surface area contributed by atoms with Gasteiger partial charge >= 0.3 is 0 Å². The van der Waals surface area contributed by atoms with Gasteiger partial charge in [-0.15, -0.1) is 0 Å². The van der Waals surface area contributed by atoms with Crippen molar-refractivity contribution in [2.24, 2.45) is 0 Å². The molecule has 0 aromatic carbocycles. The fourth-order valence-corrected chi connectivity index (χ4v) is 3.48. The van der Waals surface area contributed by atoms with E-state index >= 15 is 0 Å². The lowest BCUT2D eigenvalue weighted by Crippen LogP contribution is -2.31. The minimum atomic E-state index is -0.453. The van der Waals surface area contributed by atoms with Gasteiger partial charge in [0.1, 0.15) is 8.96 Å². The number of hydrogen-bond acceptors (Lipinski definition) is 1. The number of rotatable bonds is 4. The van der Waals surface area contributed by atoms with Crippen molar-refractivity contribution in [1.29, 1.82) is 0 Å². The zero-order valence-corrected chi connectivity index (χ0v) is 8.30. The Kier molecular flexibility index (Phi) is 5.10. The maximum absolute atomic E-state index is 2.45. The van der Waals surface area contributed by atoms with Crippen LogP contribution in [0.5, 0.6) is 0 Å². The molecule has 2 heteroatoms. The second-order valence-electron chi connectivity index (χ2n) is 2.81. The smallest absolute Gasteiger partial charge is 0.111 e. The summed E-state index contributed by atoms with van der Waals surface area (Å²) in [5.41, 5.74) is 0. The van der Waals surface area contributed by atoms with Crippen molar-refractivity contribution in [3.63, 3.8) is 0 Å². The Morgan fingerprint density at radius 2 is 1.78 bits per heavy atom. The molecule has 0 N–H and O–H groups in total. The third kappa shape index (κ3) is 3.70. The summed E-state index contributed by atoms with van der Waals surface area (Å²) in [4.78, 5) is 0. The molecular formula is C7H19NSi. The summed E-state index contributed by atoms with van der Waals surface area (Å²) in [6.45, 7) is 4.59. The van der Waals surface area contributed by atoms with Gasteiger partial charge in [-0.3, -0.25) is 0 Å². The van der Waals surface area contributed by atoms with E-state index in [4.69, 9.17) is 0 Å². The average Bonchev–Trinajstić information content (AvgIpc) is 1.82. The van der Waals surface area contributed by atoms with Gasteiger partial charge in [0.15, 0.2) is 0 Å². The highest BCUT2D eigenvalue weighted by Crippen LogP contribution is 2.03. The molecule has 0 amide bonds. The first-order chi connectivity index (χ1) is 4.22. The molecule has 0 heterocycles. The number of nitrogens with zero attached hydrogens (tertiary/aromatic N) is 1. The van der Waals surface area contributed by atoms with E-state index in [9.17, 15) is 0 Å². The van der Waals surface area contributed by atoms with Crippen molar-refractivity contribution < 1.29 is 0 Å². The van der Waals surface area contributed by atoms with E-state index in [0.29, 0.717) is 0 Å². The van der Waals surface area contributed by atoms with Gasteiger partial charge in [-0.25, -0.2) is 0 Å². The van der Waals surface area contributed by atoms with Gasteiger partial charge in [0, 0.05) is 0 Å². The molecule has 1 atom stereocenters. The SMILES string of the molecule is CCC[SiH](CC)N(C)C. The lowest BCUT2D eigenvalue weighted by molar-refractivity contribution is 0.629. The lowest BCUT2D eigenvalue weighted by Gasteiger charge is -2.19. The second-order valence-corrected chi connectivity index (χ2v) is 6.55. The molecular weight excluding hydrogens is 126 g/mol. The van der Waals surface area contributed by atoms with Crippen LogP contribution in [-0.2, 0) is 0 Å². The van der Waals surface area contributed by atoms with Crippen molar-refractivity contribution in [2.75, 3.05) is 14.1 Å². The third-order valence-electron chi connectivity index (χ3n) is 1.82. The summed E-state index contributed by atoms with van der Waals surface area (Å²) in [7, 11) is 3.98. The van der Waals surface area contributed by atoms with Crippen LogP contribution in [-0.4, -0.2) is 27.6 Å². The van der Waals surface area contributed by atoms with Gasteiger partial charge in [-0.1, -0.05) is 20.3 Å². The van der Waals surface area contributed by atoms with E-state index in [-0.39, 0.29) is 0 Å². The lowest BCUT2D eigenvalue weighted by atomic mass is 10.6. The Balaban J connectivity index is 3.41. The van der Waals surface area contributed by atoms with Crippen molar-refractivity contribution in [1.82, 2.24) is 4.57 Å². The molecule has 0 aliphatic heterocycles. The summed E-state index contributed by atoms with van der Waals surface area (Å²) in [6.07, 6.45) is 1.36. The monoisotopic (exact) mass is 145 g/mol. The first kappa shape index (κ1) is 9.18. The van der Waals surface area contributed by atoms with Gasteiger partial charge in [0.05, 0.1) is 0 Å². The molecule has 1 nitrogen and oxygen atoms in total. The van der Waals surface area contributed by atoms with Crippen LogP contribution in [0, 0.1) is 0 Å². The van der Waals surface area contributed by atoms with Crippen molar-refractivity contribution in [3.8, 4) is 0 Å². The van der Waals surface area contributed by atoms with Crippen molar-refractivity contribution in [2.45, 2.75) is 32.4 Å². The van der Waals surface area contributed by atoms with Gasteiger partial charge in [0.25, 0.3) is 0 Å². The molecule has 0 radical (unpaired) electrons. The maximum Gasteiger partial charge on any atom is 0.111 e. The highest BCUT2D eigenvalue weighted by molar-refractivity contribution is 6.55. The standard InChI is InChI=1S/C7H19NSi/c1-5-7-9(6-2)8(3)4/h9H,5-7H2,1-4H3. The molecule has 0 aromatic heterocycles. The molecule has 0 aliphatic carbocycles. The zero-order chi connectivity index (χ0) is 7.28. The van der Waals surface area contributed by atoms with E-state index in [0.717, 1.165) is 0 Å². The van der Waals surface area contributed by atoms with Crippen molar-refractivity contribution in [3.05, 3.63) is 0 Å². The van der Waals surface area contributed by atoms with Crippen LogP contribution < -0.4 is 0 Å². The van der Waals surface area contributed by atoms with E-state index in [2.05, 4.69) is 32.5 Å². The summed E-state index contributed by atoms with van der Waals surface area (Å²) in [6, 6.07) is 2.89. The van der Waals surface area contributed by atoms with Crippen LogP contribution in [0.4, 0.5) is 0 Å². The summed E-state index contributed by atoms with van der Waals surface area (Å²) in [5, 5.41) is 0. The van der Waals surface area contributed by atoms with E-state index < -0.39 is 8.96 Å². The van der Waals surface area contributed by atoms with E-state index in [1.165, 1.54) is 18.5 Å². The average molecular weight is 145 g/mol. The van der Waals surface area contributed by atoms with Gasteiger partial charge < -0.3 is 4.57 Å². The summed E-state index contributed by atoms with van der Waals surface area (Å²) in [5.74, 6) is 0. The molecule has 0 aromatic rings. The molecule has 0 aliphatic rings. The molecule has 0 rings (SSSR count). The third-order valence-corrected chi connectivity index (χ3v) is 5.47. The van der Waals surface area contributed by atoms with Crippen LogP contribution in [0.25, 0.3) is 0 Å². The largest absolute Gasteiger partial charge is 0.331 e. The normalized spacial score (nSPS) is 14.3. The van der Waals surface area contributed by atoms with Crippen LogP contribution in [0.15, 0.2) is 0 Å². The van der Waals surface area contributed by atoms with Crippen LogP contribution in [0.2, 0.25) is 12.1 Å². The van der Waals surface area contributed by atoms with Crippen LogP contribution in [0.3, 0.4) is 0 Å². The Hall–Kier alpha value is 0.177. The van der Waals surface area contributed by atoms with E-state index in [1.807, 2.05) is 0 Å². The maximum atomic E-state index is 2.45. The van der Waals surface area contributed by atoms with Crippen molar-refractivity contribution >= 4 is 8.96 Å². The molecule has 1 unspecified atom stereocenters. The van der Waals surface area contributed by atoms with Crippen LogP contribution >= 0.6 is 0 Å². The molecule has 0 bridgehead atoms. The van der Waals surface area contributed by atoms with Gasteiger partial charge in [-0.2, -0.15) is 0 Å².